The third-order valence-electron chi connectivity index (χ3n) is 8.87. The number of hydroxylamine groups is 2. The molecule has 6 amide bonds. The topological polar surface area (TPSA) is 256 Å². The highest BCUT2D eigenvalue weighted by Crippen LogP contribution is 2.14. The molecule has 1 heterocycles. The van der Waals surface area contributed by atoms with Crippen molar-refractivity contribution in [2.45, 2.75) is 147 Å². The van der Waals surface area contributed by atoms with Crippen molar-refractivity contribution in [3.63, 3.8) is 0 Å². The third kappa shape index (κ3) is 28.1. The van der Waals surface area contributed by atoms with E-state index in [-0.39, 0.29) is 76.7 Å². The normalized spacial score (nSPS) is 13.0. The number of hydrogen-bond acceptors (Lipinski definition) is 11. The molecule has 1 unspecified atom stereocenters. The Morgan fingerprint density at radius 2 is 1.07 bits per heavy atom. The second-order valence-corrected chi connectivity index (χ2v) is 13.8. The Balaban J connectivity index is 1.93. The highest BCUT2D eigenvalue weighted by atomic mass is 16.7. The lowest BCUT2D eigenvalue weighted by Crippen LogP contribution is -2.41. The second-order valence-electron chi connectivity index (χ2n) is 13.8. The number of imide groups is 1. The standard InChI is InChI=1S/C38H65N5O13/c44-31(39-23-15-16-24-40-38(53)41-25-26-54-27-28-55-29-36(50)56-43-33(46)21-22-34(43)47)20-19-30(37(51)52)42-32(45)17-13-11-9-7-5-3-1-2-4-6-8-10-12-14-18-35(48)49/h30H,1-29H2,(H,39,44)(H,42,45)(H,48,49)(H,51,52)(H2,40,41,53). The Morgan fingerprint density at radius 3 is 1.62 bits per heavy atom. The minimum atomic E-state index is -1.18. The van der Waals surface area contributed by atoms with Gasteiger partial charge in [0.1, 0.15) is 12.6 Å². The molecular weight excluding hydrogens is 734 g/mol. The van der Waals surface area contributed by atoms with Crippen molar-refractivity contribution < 1.29 is 62.9 Å². The van der Waals surface area contributed by atoms with Crippen molar-refractivity contribution >= 4 is 47.6 Å². The van der Waals surface area contributed by atoms with Gasteiger partial charge in [0, 0.05) is 51.7 Å². The summed E-state index contributed by atoms with van der Waals surface area (Å²) in [6.07, 6.45) is 16.7. The molecule has 320 valence electrons. The average Bonchev–Trinajstić information content (AvgIpc) is 3.47. The summed E-state index contributed by atoms with van der Waals surface area (Å²) in [5, 5.41) is 29.1. The van der Waals surface area contributed by atoms with Crippen LogP contribution in [0.15, 0.2) is 0 Å². The van der Waals surface area contributed by atoms with Gasteiger partial charge in [-0.25, -0.2) is 14.4 Å². The number of urea groups is 1. The predicted octanol–water partition coefficient (Wildman–Crippen LogP) is 3.50. The molecule has 0 saturated carbocycles. The molecule has 18 heteroatoms. The zero-order valence-corrected chi connectivity index (χ0v) is 32.9. The minimum Gasteiger partial charge on any atom is -0.481 e. The molecule has 18 nitrogen and oxygen atoms in total. The molecule has 1 saturated heterocycles. The second kappa shape index (κ2) is 32.9. The smallest absolute Gasteiger partial charge is 0.358 e. The molecule has 1 fully saturated rings. The fourth-order valence-corrected chi connectivity index (χ4v) is 5.71. The van der Waals surface area contributed by atoms with Gasteiger partial charge in [0.15, 0.2) is 0 Å². The van der Waals surface area contributed by atoms with Crippen LogP contribution in [-0.2, 0) is 47.9 Å². The number of unbranched alkanes of at least 4 members (excludes halogenated alkanes) is 14. The number of nitrogens with zero attached hydrogens (tertiary/aromatic N) is 1. The Kier molecular flexibility index (Phi) is 29.2. The first kappa shape index (κ1) is 49.7. The first-order valence-electron chi connectivity index (χ1n) is 20.2. The highest BCUT2D eigenvalue weighted by Gasteiger charge is 2.32. The van der Waals surface area contributed by atoms with Gasteiger partial charge in [-0.2, -0.15) is 0 Å². The van der Waals surface area contributed by atoms with Crippen LogP contribution in [-0.4, -0.2) is 115 Å². The molecule has 6 N–H and O–H groups in total. The summed E-state index contributed by atoms with van der Waals surface area (Å²) in [4.78, 5) is 97.7. The van der Waals surface area contributed by atoms with E-state index in [1.807, 2.05) is 0 Å². The monoisotopic (exact) mass is 799 g/mol. The van der Waals surface area contributed by atoms with Crippen LogP contribution in [0, 0.1) is 0 Å². The van der Waals surface area contributed by atoms with Gasteiger partial charge >= 0.3 is 23.9 Å². The van der Waals surface area contributed by atoms with Gasteiger partial charge in [-0.05, 0) is 32.1 Å². The fraction of sp³-hybridized carbons (Fsp3) is 0.789. The molecule has 56 heavy (non-hydrogen) atoms. The maximum Gasteiger partial charge on any atom is 0.358 e. The molecule has 1 aliphatic heterocycles. The summed E-state index contributed by atoms with van der Waals surface area (Å²) in [5.74, 6) is -4.57. The van der Waals surface area contributed by atoms with Crippen molar-refractivity contribution in [2.75, 3.05) is 46.1 Å². The van der Waals surface area contributed by atoms with E-state index >= 15 is 0 Å². The van der Waals surface area contributed by atoms with E-state index < -0.39 is 48.4 Å². The first-order valence-corrected chi connectivity index (χ1v) is 20.2. The molecule has 1 aliphatic rings. The van der Waals surface area contributed by atoms with Gasteiger partial charge in [0.2, 0.25) is 11.8 Å². The molecule has 0 bridgehead atoms. The van der Waals surface area contributed by atoms with Crippen LogP contribution in [0.3, 0.4) is 0 Å². The molecule has 0 radical (unpaired) electrons. The van der Waals surface area contributed by atoms with E-state index in [9.17, 15) is 43.5 Å². The lowest BCUT2D eigenvalue weighted by atomic mass is 10.0. The number of aliphatic carboxylic acids is 2. The average molecular weight is 800 g/mol. The van der Waals surface area contributed by atoms with Crippen LogP contribution in [0.25, 0.3) is 0 Å². The lowest BCUT2D eigenvalue weighted by molar-refractivity contribution is -0.200. The van der Waals surface area contributed by atoms with Gasteiger partial charge in [0.05, 0.1) is 19.8 Å². The van der Waals surface area contributed by atoms with Gasteiger partial charge in [-0.3, -0.25) is 24.0 Å². The van der Waals surface area contributed by atoms with Gasteiger partial charge in [0.25, 0.3) is 11.8 Å². The third-order valence-corrected chi connectivity index (χ3v) is 8.87. The Hall–Kier alpha value is -4.32. The van der Waals surface area contributed by atoms with Crippen LogP contribution in [0.1, 0.15) is 141 Å². The molecule has 1 rings (SSSR count). The number of carbonyl (C=O) groups excluding carboxylic acids is 6. The number of amides is 6. The van der Waals surface area contributed by atoms with Gasteiger partial charge < -0.3 is 45.8 Å². The van der Waals surface area contributed by atoms with Crippen LogP contribution in [0.2, 0.25) is 0 Å². The number of hydrogen-bond donors (Lipinski definition) is 6. The van der Waals surface area contributed by atoms with E-state index in [2.05, 4.69) is 26.1 Å². The van der Waals surface area contributed by atoms with Crippen molar-refractivity contribution in [3.8, 4) is 0 Å². The number of carbonyl (C=O) groups is 8. The van der Waals surface area contributed by atoms with Crippen LogP contribution >= 0.6 is 0 Å². The predicted molar refractivity (Wildman–Crippen MR) is 203 cm³/mol. The quantitative estimate of drug-likeness (QED) is 0.0393. The van der Waals surface area contributed by atoms with Crippen molar-refractivity contribution in [1.82, 2.24) is 26.3 Å². The van der Waals surface area contributed by atoms with Crippen molar-refractivity contribution in [3.05, 3.63) is 0 Å². The van der Waals surface area contributed by atoms with Crippen molar-refractivity contribution in [1.29, 1.82) is 0 Å². The van der Waals surface area contributed by atoms with E-state index in [4.69, 9.17) is 14.6 Å². The van der Waals surface area contributed by atoms with Crippen LogP contribution in [0.4, 0.5) is 4.79 Å². The SMILES string of the molecule is O=C(O)CCCCCCCCCCCCCCCCC(=O)NC(CCC(=O)NCCCCNC(=O)NCCOCCOCC(=O)ON1C(=O)CCC1=O)C(=O)O. The molecule has 0 aromatic carbocycles. The largest absolute Gasteiger partial charge is 0.481 e. The molecular formula is C38H65N5O13. The number of carboxylic acid groups (broad SMARTS) is 2. The van der Waals surface area contributed by atoms with Gasteiger partial charge in [-0.1, -0.05) is 77.0 Å². The number of rotatable bonds is 36. The lowest BCUT2D eigenvalue weighted by Gasteiger charge is -2.14. The van der Waals surface area contributed by atoms with E-state index in [1.54, 1.807) is 0 Å². The Bertz CT molecular complexity index is 1190. The van der Waals surface area contributed by atoms with Crippen LogP contribution < -0.4 is 21.3 Å². The maximum atomic E-state index is 12.3. The van der Waals surface area contributed by atoms with E-state index in [0.717, 1.165) is 38.5 Å². The summed E-state index contributed by atoms with van der Waals surface area (Å²) in [6, 6.07) is -1.52. The minimum absolute atomic E-state index is 0.00482. The fourth-order valence-electron chi connectivity index (χ4n) is 5.71. The van der Waals surface area contributed by atoms with E-state index in [0.29, 0.717) is 37.4 Å². The molecule has 0 aliphatic carbocycles. The zero-order chi connectivity index (χ0) is 41.2. The molecule has 0 aromatic rings. The Morgan fingerprint density at radius 1 is 0.571 bits per heavy atom. The summed E-state index contributed by atoms with van der Waals surface area (Å²) >= 11 is 0. The van der Waals surface area contributed by atoms with E-state index in [1.165, 1.54) is 44.9 Å². The Labute approximate surface area is 329 Å². The maximum absolute atomic E-state index is 12.3. The molecule has 0 aromatic heterocycles. The first-order chi connectivity index (χ1) is 27.0. The summed E-state index contributed by atoms with van der Waals surface area (Å²) in [6.45, 7) is 0.893. The highest BCUT2D eigenvalue weighted by molar-refractivity contribution is 6.01. The number of carboxylic acids is 2. The van der Waals surface area contributed by atoms with Crippen LogP contribution in [0.5, 0.6) is 0 Å². The molecule has 1 atom stereocenters. The number of ether oxygens (including phenoxy) is 2. The van der Waals surface area contributed by atoms with Crippen molar-refractivity contribution in [2.24, 2.45) is 0 Å². The number of nitrogens with one attached hydrogen (secondary N) is 4. The zero-order valence-electron chi connectivity index (χ0n) is 32.9. The summed E-state index contributed by atoms with van der Waals surface area (Å²) in [5.41, 5.74) is 0. The molecule has 0 spiro atoms. The van der Waals surface area contributed by atoms with Gasteiger partial charge in [-0.15, -0.1) is 5.06 Å². The summed E-state index contributed by atoms with van der Waals surface area (Å²) in [7, 11) is 0. The summed E-state index contributed by atoms with van der Waals surface area (Å²) < 4.78 is 10.4.